The van der Waals surface area contributed by atoms with Gasteiger partial charge in [-0.3, -0.25) is 4.79 Å². The molecule has 0 atom stereocenters. The lowest BCUT2D eigenvalue weighted by Crippen LogP contribution is -2.34. The standard InChI is InChI=1S/C17H24ClN3O/c1-4-8-21(10-5-9-20(2)3)17(22)16-12-13-11-14(18)6-7-15(13)19-16/h6-7,11-12,19H,4-5,8-10H2,1-3H3. The van der Waals surface area contributed by atoms with Crippen molar-refractivity contribution in [2.75, 3.05) is 33.7 Å². The first-order valence-electron chi connectivity index (χ1n) is 7.73. The largest absolute Gasteiger partial charge is 0.351 e. The summed E-state index contributed by atoms with van der Waals surface area (Å²) in [5.74, 6) is 0.0629. The van der Waals surface area contributed by atoms with Crippen molar-refractivity contribution in [1.29, 1.82) is 0 Å². The van der Waals surface area contributed by atoms with E-state index in [0.717, 1.165) is 43.4 Å². The molecule has 0 aliphatic rings. The first-order valence-corrected chi connectivity index (χ1v) is 8.11. The molecule has 22 heavy (non-hydrogen) atoms. The van der Waals surface area contributed by atoms with Gasteiger partial charge in [-0.2, -0.15) is 0 Å². The number of aromatic nitrogens is 1. The lowest BCUT2D eigenvalue weighted by molar-refractivity contribution is 0.0745. The average Bonchev–Trinajstić information content (AvgIpc) is 2.88. The highest BCUT2D eigenvalue weighted by molar-refractivity contribution is 6.31. The minimum atomic E-state index is 0.0629. The Hall–Kier alpha value is -1.52. The third-order valence-electron chi connectivity index (χ3n) is 3.63. The summed E-state index contributed by atoms with van der Waals surface area (Å²) in [5.41, 5.74) is 1.58. The number of benzene rings is 1. The minimum Gasteiger partial charge on any atom is -0.351 e. The van der Waals surface area contributed by atoms with E-state index < -0.39 is 0 Å². The van der Waals surface area contributed by atoms with Crippen LogP contribution in [-0.2, 0) is 0 Å². The summed E-state index contributed by atoms with van der Waals surface area (Å²) in [6.45, 7) is 4.64. The molecule has 1 heterocycles. The van der Waals surface area contributed by atoms with Gasteiger partial charge in [0.1, 0.15) is 5.69 Å². The number of aromatic amines is 1. The van der Waals surface area contributed by atoms with Gasteiger partial charge in [0.2, 0.25) is 0 Å². The van der Waals surface area contributed by atoms with Crippen LogP contribution < -0.4 is 0 Å². The summed E-state index contributed by atoms with van der Waals surface area (Å²) in [6.07, 6.45) is 1.94. The van der Waals surface area contributed by atoms with Crippen LogP contribution in [-0.4, -0.2) is 54.4 Å². The number of carbonyl (C=O) groups is 1. The number of amides is 1. The Labute approximate surface area is 137 Å². The van der Waals surface area contributed by atoms with Crippen molar-refractivity contribution in [3.05, 3.63) is 35.0 Å². The van der Waals surface area contributed by atoms with Crippen LogP contribution in [0.4, 0.5) is 0 Å². The Bertz CT molecular complexity index is 636. The third kappa shape index (κ3) is 4.24. The molecule has 0 saturated heterocycles. The molecule has 0 spiro atoms. The normalized spacial score (nSPS) is 11.3. The molecule has 2 aromatic rings. The number of H-pyrrole nitrogens is 1. The summed E-state index contributed by atoms with van der Waals surface area (Å²) in [7, 11) is 4.10. The molecular formula is C17H24ClN3O. The van der Waals surface area contributed by atoms with Gasteiger partial charge in [-0.05, 0) is 57.7 Å². The van der Waals surface area contributed by atoms with Crippen molar-refractivity contribution >= 4 is 28.4 Å². The highest BCUT2D eigenvalue weighted by Gasteiger charge is 2.17. The summed E-state index contributed by atoms with van der Waals surface area (Å²) in [4.78, 5) is 20.0. The number of nitrogens with one attached hydrogen (secondary N) is 1. The maximum Gasteiger partial charge on any atom is 0.270 e. The maximum atomic E-state index is 12.7. The van der Waals surface area contributed by atoms with E-state index in [1.54, 1.807) is 0 Å². The van der Waals surface area contributed by atoms with E-state index in [2.05, 4.69) is 16.8 Å². The summed E-state index contributed by atoms with van der Waals surface area (Å²) in [6, 6.07) is 7.50. The molecule has 0 radical (unpaired) electrons. The molecule has 4 nitrogen and oxygen atoms in total. The van der Waals surface area contributed by atoms with Gasteiger partial charge in [0.25, 0.3) is 5.91 Å². The second-order valence-corrected chi connectivity index (χ2v) is 6.30. The number of nitrogens with zero attached hydrogens (tertiary/aromatic N) is 2. The number of rotatable bonds is 7. The lowest BCUT2D eigenvalue weighted by atomic mass is 10.2. The summed E-state index contributed by atoms with van der Waals surface area (Å²) < 4.78 is 0. The number of hydrogen-bond acceptors (Lipinski definition) is 2. The van der Waals surface area contributed by atoms with Crippen LogP contribution in [0.15, 0.2) is 24.3 Å². The molecule has 1 N–H and O–H groups in total. The first kappa shape index (κ1) is 16.8. The molecule has 0 aliphatic carbocycles. The fourth-order valence-electron chi connectivity index (χ4n) is 2.55. The molecule has 5 heteroatoms. The summed E-state index contributed by atoms with van der Waals surface area (Å²) in [5, 5.41) is 1.66. The van der Waals surface area contributed by atoms with E-state index in [4.69, 9.17) is 11.6 Å². The van der Waals surface area contributed by atoms with E-state index in [1.807, 2.05) is 43.3 Å². The monoisotopic (exact) mass is 321 g/mol. The second-order valence-electron chi connectivity index (χ2n) is 5.86. The van der Waals surface area contributed by atoms with Crippen LogP contribution in [0.25, 0.3) is 10.9 Å². The van der Waals surface area contributed by atoms with Gasteiger partial charge in [0.05, 0.1) is 0 Å². The molecule has 0 fully saturated rings. The minimum absolute atomic E-state index is 0.0629. The van der Waals surface area contributed by atoms with E-state index in [1.165, 1.54) is 0 Å². The topological polar surface area (TPSA) is 39.3 Å². The first-order chi connectivity index (χ1) is 10.5. The zero-order chi connectivity index (χ0) is 16.1. The molecule has 2 rings (SSSR count). The Balaban J connectivity index is 2.13. The van der Waals surface area contributed by atoms with Gasteiger partial charge in [-0.25, -0.2) is 0 Å². The number of carbonyl (C=O) groups excluding carboxylic acids is 1. The molecule has 0 aliphatic heterocycles. The van der Waals surface area contributed by atoms with Crippen LogP contribution in [0.1, 0.15) is 30.3 Å². The fourth-order valence-corrected chi connectivity index (χ4v) is 2.73. The Morgan fingerprint density at radius 2 is 1.95 bits per heavy atom. The third-order valence-corrected chi connectivity index (χ3v) is 3.86. The highest BCUT2D eigenvalue weighted by atomic mass is 35.5. The van der Waals surface area contributed by atoms with Crippen molar-refractivity contribution in [2.45, 2.75) is 19.8 Å². The average molecular weight is 322 g/mol. The fraction of sp³-hybridized carbons (Fsp3) is 0.471. The smallest absolute Gasteiger partial charge is 0.270 e. The van der Waals surface area contributed by atoms with Gasteiger partial charge in [-0.15, -0.1) is 0 Å². The van der Waals surface area contributed by atoms with Crippen molar-refractivity contribution < 1.29 is 4.79 Å². The van der Waals surface area contributed by atoms with Gasteiger partial charge in [-0.1, -0.05) is 18.5 Å². The van der Waals surface area contributed by atoms with Crippen molar-refractivity contribution in [3.63, 3.8) is 0 Å². The van der Waals surface area contributed by atoms with Gasteiger partial charge >= 0.3 is 0 Å². The van der Waals surface area contributed by atoms with Crippen LogP contribution in [0.3, 0.4) is 0 Å². The van der Waals surface area contributed by atoms with E-state index >= 15 is 0 Å². The van der Waals surface area contributed by atoms with E-state index in [-0.39, 0.29) is 5.91 Å². The lowest BCUT2D eigenvalue weighted by Gasteiger charge is -2.22. The molecular weight excluding hydrogens is 298 g/mol. The zero-order valence-electron chi connectivity index (χ0n) is 13.5. The van der Waals surface area contributed by atoms with Gasteiger partial charge < -0.3 is 14.8 Å². The Morgan fingerprint density at radius 3 is 2.64 bits per heavy atom. The van der Waals surface area contributed by atoms with Crippen molar-refractivity contribution in [1.82, 2.24) is 14.8 Å². The Morgan fingerprint density at radius 1 is 1.18 bits per heavy atom. The highest BCUT2D eigenvalue weighted by Crippen LogP contribution is 2.21. The van der Waals surface area contributed by atoms with Crippen LogP contribution in [0.5, 0.6) is 0 Å². The summed E-state index contributed by atoms with van der Waals surface area (Å²) >= 11 is 6.00. The molecule has 1 amide bonds. The molecule has 0 bridgehead atoms. The van der Waals surface area contributed by atoms with Crippen LogP contribution >= 0.6 is 11.6 Å². The van der Waals surface area contributed by atoms with E-state index in [0.29, 0.717) is 10.7 Å². The Kier molecular flexibility index (Phi) is 5.86. The molecule has 0 saturated carbocycles. The van der Waals surface area contributed by atoms with Gasteiger partial charge in [0.15, 0.2) is 0 Å². The molecule has 0 unspecified atom stereocenters. The van der Waals surface area contributed by atoms with Crippen LogP contribution in [0.2, 0.25) is 5.02 Å². The van der Waals surface area contributed by atoms with Crippen molar-refractivity contribution in [3.8, 4) is 0 Å². The zero-order valence-corrected chi connectivity index (χ0v) is 14.3. The number of halogens is 1. The SMILES string of the molecule is CCCN(CCCN(C)C)C(=O)c1cc2cc(Cl)ccc2[nH]1. The molecule has 120 valence electrons. The number of hydrogen-bond donors (Lipinski definition) is 1. The molecule has 1 aromatic carbocycles. The molecule has 1 aromatic heterocycles. The predicted octanol–water partition coefficient (Wildman–Crippen LogP) is 3.63. The van der Waals surface area contributed by atoms with Crippen molar-refractivity contribution in [2.24, 2.45) is 0 Å². The quantitative estimate of drug-likeness (QED) is 0.846. The van der Waals surface area contributed by atoms with E-state index in [9.17, 15) is 4.79 Å². The van der Waals surface area contributed by atoms with Crippen LogP contribution in [0, 0.1) is 0 Å². The number of fused-ring (bicyclic) bond motifs is 1. The maximum absolute atomic E-state index is 12.7. The predicted molar refractivity (Wildman–Crippen MR) is 92.7 cm³/mol. The second kappa shape index (κ2) is 7.65. The van der Waals surface area contributed by atoms with Gasteiger partial charge in [0, 0.05) is 29.0 Å².